The van der Waals surface area contributed by atoms with Crippen molar-refractivity contribution in [2.75, 3.05) is 25.0 Å². The van der Waals surface area contributed by atoms with Crippen LogP contribution in [0.2, 0.25) is 5.02 Å². The van der Waals surface area contributed by atoms with Gasteiger partial charge in [-0.2, -0.15) is 0 Å². The molecule has 1 fully saturated rings. The highest BCUT2D eigenvalue weighted by atomic mass is 35.5. The van der Waals surface area contributed by atoms with E-state index in [-0.39, 0.29) is 5.41 Å². The van der Waals surface area contributed by atoms with Crippen LogP contribution in [0.3, 0.4) is 0 Å². The minimum Gasteiger partial charge on any atom is -0.337 e. The highest BCUT2D eigenvalue weighted by Crippen LogP contribution is 2.54. The zero-order valence-electron chi connectivity index (χ0n) is 14.5. The van der Waals surface area contributed by atoms with E-state index in [4.69, 9.17) is 11.6 Å². The first-order valence-electron chi connectivity index (χ1n) is 8.98. The second kappa shape index (κ2) is 6.09. The first kappa shape index (κ1) is 16.0. The minimum atomic E-state index is 0.275. The van der Waals surface area contributed by atoms with Crippen molar-refractivity contribution in [2.24, 2.45) is 0 Å². The molecular weight excluding hydrogens is 316 g/mol. The lowest BCUT2D eigenvalue weighted by Crippen LogP contribution is -2.49. The Hall–Kier alpha value is -1.51. The van der Waals surface area contributed by atoms with Gasteiger partial charge in [-0.15, -0.1) is 0 Å². The van der Waals surface area contributed by atoms with Crippen LogP contribution < -0.4 is 4.90 Å². The predicted octanol–water partition coefficient (Wildman–Crippen LogP) is 5.23. The number of halogens is 1. The van der Waals surface area contributed by atoms with E-state index in [0.717, 1.165) is 11.4 Å². The number of rotatable bonds is 2. The number of hydrogen-bond donors (Lipinski definition) is 0. The molecular formula is C21H25ClN2. The van der Waals surface area contributed by atoms with Gasteiger partial charge < -0.3 is 9.80 Å². The van der Waals surface area contributed by atoms with E-state index in [1.807, 2.05) is 12.1 Å². The predicted molar refractivity (Wildman–Crippen MR) is 103 cm³/mol. The average Bonchev–Trinajstić information content (AvgIpc) is 2.88. The van der Waals surface area contributed by atoms with Crippen LogP contribution in [-0.2, 0) is 5.41 Å². The number of benzene rings is 2. The van der Waals surface area contributed by atoms with Gasteiger partial charge in [0.2, 0.25) is 0 Å². The maximum absolute atomic E-state index is 6.12. The van der Waals surface area contributed by atoms with Gasteiger partial charge in [-0.25, -0.2) is 0 Å². The lowest BCUT2D eigenvalue weighted by Gasteiger charge is -2.44. The zero-order valence-corrected chi connectivity index (χ0v) is 15.3. The molecule has 2 aromatic rings. The molecule has 2 aromatic carbocycles. The molecule has 0 radical (unpaired) electrons. The van der Waals surface area contributed by atoms with Crippen molar-refractivity contribution < 1.29 is 0 Å². The molecule has 0 bridgehead atoms. The second-order valence-corrected chi connectivity index (χ2v) is 7.68. The van der Waals surface area contributed by atoms with Gasteiger partial charge in [0.05, 0.1) is 0 Å². The van der Waals surface area contributed by atoms with Crippen molar-refractivity contribution in [3.8, 4) is 0 Å². The highest BCUT2D eigenvalue weighted by molar-refractivity contribution is 6.30. The molecule has 2 heterocycles. The van der Waals surface area contributed by atoms with E-state index >= 15 is 0 Å². The fourth-order valence-corrected chi connectivity index (χ4v) is 4.94. The van der Waals surface area contributed by atoms with Crippen molar-refractivity contribution in [3.63, 3.8) is 0 Å². The molecule has 1 spiro atoms. The first-order valence-corrected chi connectivity index (χ1v) is 9.36. The Morgan fingerprint density at radius 2 is 1.71 bits per heavy atom. The molecule has 3 heteroatoms. The smallest absolute Gasteiger partial charge is 0.0452 e. The van der Waals surface area contributed by atoms with Crippen molar-refractivity contribution in [3.05, 3.63) is 59.1 Å². The minimum absolute atomic E-state index is 0.275. The molecule has 0 saturated carbocycles. The van der Waals surface area contributed by atoms with Crippen LogP contribution in [0.15, 0.2) is 48.5 Å². The van der Waals surface area contributed by atoms with Crippen LogP contribution >= 0.6 is 11.6 Å². The van der Waals surface area contributed by atoms with Gasteiger partial charge in [0.1, 0.15) is 0 Å². The summed E-state index contributed by atoms with van der Waals surface area (Å²) >= 11 is 6.12. The summed E-state index contributed by atoms with van der Waals surface area (Å²) in [4.78, 5) is 5.03. The standard InChI is InChI=1S/C21H25ClN2/c1-3-20-21(12-14-23(2)15-13-21)18-6-4-5-7-19(18)24(20)17-10-8-16(22)9-11-17/h4-11,20H,3,12-15H2,1-2H3. The Kier molecular flexibility index (Phi) is 4.06. The molecule has 1 atom stereocenters. The second-order valence-electron chi connectivity index (χ2n) is 7.25. The first-order chi connectivity index (χ1) is 11.7. The number of anilines is 2. The summed E-state index contributed by atoms with van der Waals surface area (Å²) in [6.07, 6.45) is 3.63. The maximum Gasteiger partial charge on any atom is 0.0452 e. The van der Waals surface area contributed by atoms with E-state index < -0.39 is 0 Å². The quantitative estimate of drug-likeness (QED) is 0.738. The van der Waals surface area contributed by atoms with Gasteiger partial charge in [0.15, 0.2) is 0 Å². The number of likely N-dealkylation sites (tertiary alicyclic amines) is 1. The molecule has 1 saturated heterocycles. The van der Waals surface area contributed by atoms with E-state index in [1.54, 1.807) is 5.56 Å². The molecule has 24 heavy (non-hydrogen) atoms. The summed E-state index contributed by atoms with van der Waals surface area (Å²) in [5.74, 6) is 0. The van der Waals surface area contributed by atoms with Gasteiger partial charge in [-0.3, -0.25) is 0 Å². The Labute approximate surface area is 150 Å². The Morgan fingerprint density at radius 1 is 1.04 bits per heavy atom. The summed E-state index contributed by atoms with van der Waals surface area (Å²) in [7, 11) is 2.24. The molecule has 126 valence electrons. The Morgan fingerprint density at radius 3 is 2.38 bits per heavy atom. The number of fused-ring (bicyclic) bond motifs is 2. The lowest BCUT2D eigenvalue weighted by molar-refractivity contribution is 0.169. The van der Waals surface area contributed by atoms with E-state index in [0.29, 0.717) is 6.04 Å². The molecule has 0 aromatic heterocycles. The number of nitrogens with zero attached hydrogens (tertiary/aromatic N) is 2. The fourth-order valence-electron chi connectivity index (χ4n) is 4.81. The summed E-state index contributed by atoms with van der Waals surface area (Å²) in [6.45, 7) is 4.69. The monoisotopic (exact) mass is 340 g/mol. The number of para-hydroxylation sites is 1. The van der Waals surface area contributed by atoms with Crippen LogP contribution in [0.1, 0.15) is 31.7 Å². The zero-order chi connectivity index (χ0) is 16.7. The summed E-state index contributed by atoms with van der Waals surface area (Å²) in [6, 6.07) is 17.9. The van der Waals surface area contributed by atoms with Crippen molar-refractivity contribution in [2.45, 2.75) is 37.6 Å². The molecule has 4 rings (SSSR count). The lowest BCUT2D eigenvalue weighted by atomic mass is 9.69. The third kappa shape index (κ3) is 2.35. The van der Waals surface area contributed by atoms with Gasteiger partial charge >= 0.3 is 0 Å². The molecule has 2 aliphatic rings. The SMILES string of the molecule is CCC1N(c2ccc(Cl)cc2)c2ccccc2C12CCN(C)CC2. The highest BCUT2D eigenvalue weighted by Gasteiger charge is 2.51. The number of piperidine rings is 1. The maximum atomic E-state index is 6.12. The van der Waals surface area contributed by atoms with E-state index in [2.05, 4.69) is 60.2 Å². The summed E-state index contributed by atoms with van der Waals surface area (Å²) < 4.78 is 0. The van der Waals surface area contributed by atoms with Crippen molar-refractivity contribution in [1.29, 1.82) is 0 Å². The number of hydrogen-bond acceptors (Lipinski definition) is 2. The van der Waals surface area contributed by atoms with Crippen molar-refractivity contribution in [1.82, 2.24) is 4.90 Å². The van der Waals surface area contributed by atoms with E-state index in [1.165, 1.54) is 37.3 Å². The Balaban J connectivity index is 1.84. The largest absolute Gasteiger partial charge is 0.337 e. The topological polar surface area (TPSA) is 6.48 Å². The van der Waals surface area contributed by atoms with Crippen LogP contribution in [0.25, 0.3) is 0 Å². The van der Waals surface area contributed by atoms with Gasteiger partial charge in [0.25, 0.3) is 0 Å². The van der Waals surface area contributed by atoms with Crippen LogP contribution in [0, 0.1) is 0 Å². The summed E-state index contributed by atoms with van der Waals surface area (Å²) in [5.41, 5.74) is 4.46. The molecule has 2 aliphatic heterocycles. The van der Waals surface area contributed by atoms with Crippen molar-refractivity contribution >= 4 is 23.0 Å². The summed E-state index contributed by atoms with van der Waals surface area (Å²) in [5, 5.41) is 0.799. The fraction of sp³-hybridized carbons (Fsp3) is 0.429. The molecule has 0 aliphatic carbocycles. The van der Waals surface area contributed by atoms with E-state index in [9.17, 15) is 0 Å². The van der Waals surface area contributed by atoms with Gasteiger partial charge in [-0.05, 0) is 75.3 Å². The normalized spacial score (nSPS) is 22.8. The molecule has 0 N–H and O–H groups in total. The van der Waals surface area contributed by atoms with Crippen LogP contribution in [0.4, 0.5) is 11.4 Å². The van der Waals surface area contributed by atoms with Gasteiger partial charge in [-0.1, -0.05) is 36.7 Å². The Bertz CT molecular complexity index is 717. The van der Waals surface area contributed by atoms with Crippen LogP contribution in [0.5, 0.6) is 0 Å². The van der Waals surface area contributed by atoms with Gasteiger partial charge in [0, 0.05) is 27.9 Å². The molecule has 2 nitrogen and oxygen atoms in total. The third-order valence-corrected chi connectivity index (χ3v) is 6.27. The molecule has 1 unspecified atom stereocenters. The third-order valence-electron chi connectivity index (χ3n) is 6.02. The average molecular weight is 341 g/mol. The molecule has 0 amide bonds. The van der Waals surface area contributed by atoms with Crippen LogP contribution in [-0.4, -0.2) is 31.1 Å².